The van der Waals surface area contributed by atoms with Crippen LogP contribution in [0.1, 0.15) is 92.4 Å². The van der Waals surface area contributed by atoms with Gasteiger partial charge in [0.1, 0.15) is 5.78 Å². The molecule has 0 saturated heterocycles. The van der Waals surface area contributed by atoms with Gasteiger partial charge in [-0.15, -0.1) is 11.6 Å². The van der Waals surface area contributed by atoms with Gasteiger partial charge in [-0.05, 0) is 77.2 Å². The van der Waals surface area contributed by atoms with Crippen LogP contribution < -0.4 is 0 Å². The lowest BCUT2D eigenvalue weighted by Crippen LogP contribution is -2.47. The molecule has 0 bridgehead atoms. The molecule has 162 valence electrons. The summed E-state index contributed by atoms with van der Waals surface area (Å²) in [7, 11) is 0. The maximum Gasteiger partial charge on any atom is 0.133 e. The van der Waals surface area contributed by atoms with E-state index < -0.39 is 0 Å². The van der Waals surface area contributed by atoms with E-state index in [0.717, 1.165) is 30.6 Å². The van der Waals surface area contributed by atoms with E-state index in [1.165, 1.54) is 38.5 Å². The van der Waals surface area contributed by atoms with E-state index in [1.54, 1.807) is 11.1 Å². The minimum Gasteiger partial charge on any atom is -0.300 e. The molecular formula is C27H41ClO. The number of alkyl halides is 1. The first kappa shape index (κ1) is 21.7. The van der Waals surface area contributed by atoms with Gasteiger partial charge in [0.05, 0.1) is 5.38 Å². The maximum atomic E-state index is 12.1. The molecule has 1 nitrogen and oxygen atoms in total. The molecule has 1 unspecified atom stereocenters. The molecule has 0 aliphatic heterocycles. The van der Waals surface area contributed by atoms with Crippen LogP contribution in [0.25, 0.3) is 0 Å². The van der Waals surface area contributed by atoms with Gasteiger partial charge in [-0.2, -0.15) is 0 Å². The number of hydrogen-bond acceptors (Lipinski definition) is 1. The Morgan fingerprint density at radius 2 is 1.93 bits per heavy atom. The molecule has 0 spiro atoms. The second-order valence-electron chi connectivity index (χ2n) is 11.7. The SMILES string of the molecule is CC(C)CCC[C@@H](C)[C@H]1CC[C@H]2C3=CC(Cl)[C@H]4CC(=O)CC[C@]4(C)C3=CC[C@]12C. The first-order chi connectivity index (χ1) is 13.7. The van der Waals surface area contributed by atoms with Crippen LogP contribution in [0.2, 0.25) is 0 Å². The molecule has 29 heavy (non-hydrogen) atoms. The highest BCUT2D eigenvalue weighted by molar-refractivity contribution is 6.22. The molecule has 0 amide bonds. The molecule has 0 aromatic heterocycles. The van der Waals surface area contributed by atoms with Gasteiger partial charge in [0.15, 0.2) is 0 Å². The summed E-state index contributed by atoms with van der Waals surface area (Å²) in [6, 6.07) is 0. The van der Waals surface area contributed by atoms with E-state index in [1.807, 2.05) is 0 Å². The van der Waals surface area contributed by atoms with Crippen molar-refractivity contribution in [2.75, 3.05) is 0 Å². The van der Waals surface area contributed by atoms with Gasteiger partial charge >= 0.3 is 0 Å². The third kappa shape index (κ3) is 3.58. The minimum atomic E-state index is 0.0151. The lowest BCUT2D eigenvalue weighted by molar-refractivity contribution is -0.124. The van der Waals surface area contributed by atoms with Crippen molar-refractivity contribution in [3.05, 3.63) is 23.3 Å². The summed E-state index contributed by atoms with van der Waals surface area (Å²) in [5, 5.41) is 0.0151. The Hall–Kier alpha value is -0.560. The number of fused-ring (bicyclic) bond motifs is 5. The van der Waals surface area contributed by atoms with Gasteiger partial charge in [0.25, 0.3) is 0 Å². The maximum absolute atomic E-state index is 12.1. The van der Waals surface area contributed by atoms with Crippen molar-refractivity contribution >= 4 is 17.4 Å². The molecular weight excluding hydrogens is 376 g/mol. The minimum absolute atomic E-state index is 0.0151. The average molecular weight is 417 g/mol. The molecule has 2 fully saturated rings. The third-order valence-corrected chi connectivity index (χ3v) is 9.93. The fraction of sp³-hybridized carbons (Fsp3) is 0.815. The smallest absolute Gasteiger partial charge is 0.133 e. The van der Waals surface area contributed by atoms with Crippen LogP contribution in [-0.2, 0) is 4.79 Å². The number of rotatable bonds is 5. The number of allylic oxidation sites excluding steroid dienone is 4. The molecule has 0 radical (unpaired) electrons. The average Bonchev–Trinajstić information content (AvgIpc) is 3.00. The van der Waals surface area contributed by atoms with Crippen molar-refractivity contribution < 1.29 is 4.79 Å². The Balaban J connectivity index is 1.58. The number of Topliss-reactive ketones (excluding diaryl/α,β-unsaturated/α-hetero) is 1. The van der Waals surface area contributed by atoms with E-state index in [9.17, 15) is 4.79 Å². The molecule has 4 rings (SSSR count). The number of carbonyl (C=O) groups is 1. The zero-order valence-corrected chi connectivity index (χ0v) is 20.0. The van der Waals surface area contributed by atoms with Crippen molar-refractivity contribution in [3.63, 3.8) is 0 Å². The van der Waals surface area contributed by atoms with E-state index >= 15 is 0 Å². The predicted octanol–water partition coefficient (Wildman–Crippen LogP) is 7.73. The van der Waals surface area contributed by atoms with E-state index in [2.05, 4.69) is 46.8 Å². The van der Waals surface area contributed by atoms with Crippen LogP contribution in [0, 0.1) is 40.4 Å². The lowest BCUT2D eigenvalue weighted by atomic mass is 9.51. The predicted molar refractivity (Wildman–Crippen MR) is 123 cm³/mol. The summed E-state index contributed by atoms with van der Waals surface area (Å²) >= 11 is 6.94. The lowest BCUT2D eigenvalue weighted by Gasteiger charge is -2.53. The highest BCUT2D eigenvalue weighted by Crippen LogP contribution is 2.65. The zero-order chi connectivity index (χ0) is 21.0. The molecule has 4 aliphatic rings. The van der Waals surface area contributed by atoms with Crippen LogP contribution in [-0.4, -0.2) is 11.2 Å². The van der Waals surface area contributed by atoms with Crippen LogP contribution in [0.4, 0.5) is 0 Å². The Morgan fingerprint density at radius 1 is 1.17 bits per heavy atom. The number of ketones is 1. The molecule has 4 aliphatic carbocycles. The first-order valence-electron chi connectivity index (χ1n) is 12.3. The highest BCUT2D eigenvalue weighted by atomic mass is 35.5. The summed E-state index contributed by atoms with van der Waals surface area (Å²) < 4.78 is 0. The summed E-state index contributed by atoms with van der Waals surface area (Å²) in [6.07, 6.45) is 15.4. The largest absolute Gasteiger partial charge is 0.300 e. The molecule has 2 saturated carbocycles. The Labute approximate surface area is 183 Å². The monoisotopic (exact) mass is 416 g/mol. The van der Waals surface area contributed by atoms with E-state index in [0.29, 0.717) is 23.5 Å². The zero-order valence-electron chi connectivity index (χ0n) is 19.3. The van der Waals surface area contributed by atoms with E-state index in [-0.39, 0.29) is 16.7 Å². The van der Waals surface area contributed by atoms with Crippen LogP contribution in [0.15, 0.2) is 23.3 Å². The second kappa shape index (κ2) is 7.85. The fourth-order valence-corrected chi connectivity index (χ4v) is 8.19. The standard InChI is InChI=1S/C27H41ClO/c1-17(2)7-6-8-18(3)21-9-10-22-20-16-25(28)24-15-19(29)11-13-27(24,5)23(20)12-14-26(21,22)4/h12,16-18,21-22,24-25H,6-11,13-15H2,1-5H3/t18-,21-,22+,24-,25?,26-,27-/m1/s1. The summed E-state index contributed by atoms with van der Waals surface area (Å²) in [5.74, 6) is 3.82. The Morgan fingerprint density at radius 3 is 2.66 bits per heavy atom. The van der Waals surface area contributed by atoms with Crippen molar-refractivity contribution in [2.24, 2.45) is 40.4 Å². The second-order valence-corrected chi connectivity index (χ2v) is 12.2. The molecule has 0 aromatic rings. The quantitative estimate of drug-likeness (QED) is 0.419. The van der Waals surface area contributed by atoms with Gasteiger partial charge in [0.2, 0.25) is 0 Å². The van der Waals surface area contributed by atoms with Gasteiger partial charge in [-0.3, -0.25) is 4.79 Å². The van der Waals surface area contributed by atoms with Gasteiger partial charge in [-0.25, -0.2) is 0 Å². The van der Waals surface area contributed by atoms with Gasteiger partial charge in [-0.1, -0.05) is 66.0 Å². The fourth-order valence-electron chi connectivity index (χ4n) is 7.69. The summed E-state index contributed by atoms with van der Waals surface area (Å²) in [5.41, 5.74) is 3.63. The summed E-state index contributed by atoms with van der Waals surface area (Å²) in [4.78, 5) is 12.1. The van der Waals surface area contributed by atoms with Crippen LogP contribution >= 0.6 is 11.6 Å². The normalized spacial score (nSPS) is 42.7. The van der Waals surface area contributed by atoms with Gasteiger partial charge < -0.3 is 0 Å². The molecule has 2 heteroatoms. The van der Waals surface area contributed by atoms with Crippen LogP contribution in [0.5, 0.6) is 0 Å². The van der Waals surface area contributed by atoms with Gasteiger partial charge in [0, 0.05) is 12.8 Å². The van der Waals surface area contributed by atoms with Crippen molar-refractivity contribution in [1.29, 1.82) is 0 Å². The van der Waals surface area contributed by atoms with Crippen molar-refractivity contribution in [3.8, 4) is 0 Å². The van der Waals surface area contributed by atoms with E-state index in [4.69, 9.17) is 11.6 Å². The van der Waals surface area contributed by atoms with Crippen molar-refractivity contribution in [1.82, 2.24) is 0 Å². The van der Waals surface area contributed by atoms with Crippen LogP contribution in [0.3, 0.4) is 0 Å². The molecule has 0 heterocycles. The summed E-state index contributed by atoms with van der Waals surface area (Å²) in [6.45, 7) is 12.2. The molecule has 7 atom stereocenters. The molecule has 0 aromatic carbocycles. The number of hydrogen-bond donors (Lipinski definition) is 0. The number of halogens is 1. The highest BCUT2D eigenvalue weighted by Gasteiger charge is 2.56. The number of carbonyl (C=O) groups excluding carboxylic acids is 1. The van der Waals surface area contributed by atoms with Crippen molar-refractivity contribution in [2.45, 2.75) is 97.8 Å². The molecule has 0 N–H and O–H groups in total. The Bertz CT molecular complexity index is 718. The third-order valence-electron chi connectivity index (χ3n) is 9.50. The Kier molecular flexibility index (Phi) is 5.86. The first-order valence-corrected chi connectivity index (χ1v) is 12.7. The topological polar surface area (TPSA) is 17.1 Å².